The van der Waals surface area contributed by atoms with Gasteiger partial charge in [-0.25, -0.2) is 0 Å². The van der Waals surface area contributed by atoms with Crippen LogP contribution in [0.25, 0.3) is 0 Å². The molecule has 0 saturated carbocycles. The fourth-order valence-electron chi connectivity index (χ4n) is 1.47. The fraction of sp³-hybridized carbons (Fsp3) is 0.0909. The summed E-state index contributed by atoms with van der Waals surface area (Å²) < 4.78 is 40.7. The summed E-state index contributed by atoms with van der Waals surface area (Å²) in [6.45, 7) is 0. The number of halogens is 3. The summed E-state index contributed by atoms with van der Waals surface area (Å²) in [6, 6.07) is 6.86. The molecule has 0 bridgehead atoms. The molecule has 0 amide bonds. The van der Waals surface area contributed by atoms with Crippen molar-refractivity contribution in [3.8, 4) is 5.75 Å². The molecule has 1 heterocycles. The summed E-state index contributed by atoms with van der Waals surface area (Å²) in [5.74, 6) is -0.236. The average molecular weight is 285 g/mol. The van der Waals surface area contributed by atoms with E-state index in [0.29, 0.717) is 0 Å². The number of alkyl halides is 3. The predicted octanol–water partition coefficient (Wildman–Crippen LogP) is 2.28. The van der Waals surface area contributed by atoms with Crippen LogP contribution >= 0.6 is 0 Å². The minimum atomic E-state index is -4.79. The largest absolute Gasteiger partial charge is 0.573 e. The maximum Gasteiger partial charge on any atom is 0.573 e. The van der Waals surface area contributed by atoms with E-state index in [9.17, 15) is 13.2 Å². The van der Waals surface area contributed by atoms with Gasteiger partial charge in [-0.05, 0) is 12.1 Å². The monoisotopic (exact) mass is 285 g/mol. The van der Waals surface area contributed by atoms with Crippen LogP contribution in [-0.2, 0) is 0 Å². The number of nitrogens with zero attached hydrogens (tertiary/aromatic N) is 2. The van der Waals surface area contributed by atoms with Gasteiger partial charge in [0.15, 0.2) is 5.75 Å². The number of para-hydroxylation sites is 2. The van der Waals surface area contributed by atoms with E-state index >= 15 is 0 Å². The molecule has 0 spiro atoms. The lowest BCUT2D eigenvalue weighted by Gasteiger charge is -2.14. The van der Waals surface area contributed by atoms with Gasteiger partial charge < -0.3 is 21.5 Å². The topological polar surface area (TPSA) is 99.1 Å². The summed E-state index contributed by atoms with van der Waals surface area (Å²) in [5, 5.41) is 2.64. The lowest BCUT2D eigenvalue weighted by molar-refractivity contribution is -0.274. The highest BCUT2D eigenvalue weighted by Gasteiger charge is 2.32. The zero-order valence-corrected chi connectivity index (χ0v) is 9.98. The lowest BCUT2D eigenvalue weighted by Crippen LogP contribution is -2.18. The van der Waals surface area contributed by atoms with Gasteiger partial charge in [0, 0.05) is 6.07 Å². The summed E-state index contributed by atoms with van der Waals surface area (Å²) in [4.78, 5) is 7.46. The van der Waals surface area contributed by atoms with Crippen molar-refractivity contribution >= 4 is 23.3 Å². The Kier molecular flexibility index (Phi) is 3.51. The van der Waals surface area contributed by atoms with Gasteiger partial charge in [-0.1, -0.05) is 12.1 Å². The van der Waals surface area contributed by atoms with Crippen LogP contribution in [-0.4, -0.2) is 16.3 Å². The van der Waals surface area contributed by atoms with Gasteiger partial charge in [0.2, 0.25) is 5.95 Å². The smallest absolute Gasteiger partial charge is 0.404 e. The third-order valence-corrected chi connectivity index (χ3v) is 2.14. The van der Waals surface area contributed by atoms with Gasteiger partial charge in [0.25, 0.3) is 0 Å². The van der Waals surface area contributed by atoms with Crippen LogP contribution in [0.2, 0.25) is 0 Å². The highest BCUT2D eigenvalue weighted by Crippen LogP contribution is 2.31. The molecule has 0 unspecified atom stereocenters. The molecular formula is C11H10F3N5O. The lowest BCUT2D eigenvalue weighted by atomic mass is 10.3. The zero-order chi connectivity index (χ0) is 14.8. The molecule has 2 aromatic rings. The molecule has 20 heavy (non-hydrogen) atoms. The second kappa shape index (κ2) is 5.11. The van der Waals surface area contributed by atoms with Crippen molar-refractivity contribution in [2.24, 2.45) is 0 Å². The third-order valence-electron chi connectivity index (χ3n) is 2.14. The summed E-state index contributed by atoms with van der Waals surface area (Å²) in [5.41, 5.74) is 10.9. The van der Waals surface area contributed by atoms with Crippen LogP contribution in [0.5, 0.6) is 5.75 Å². The molecule has 5 N–H and O–H groups in total. The molecule has 9 heteroatoms. The molecule has 0 radical (unpaired) electrons. The summed E-state index contributed by atoms with van der Waals surface area (Å²) >= 11 is 0. The van der Waals surface area contributed by atoms with Crippen LogP contribution in [0, 0.1) is 0 Å². The van der Waals surface area contributed by atoms with E-state index in [1.165, 1.54) is 24.3 Å². The Morgan fingerprint density at radius 1 is 1.10 bits per heavy atom. The molecule has 0 fully saturated rings. The van der Waals surface area contributed by atoms with E-state index in [0.717, 1.165) is 0 Å². The van der Waals surface area contributed by atoms with Crippen LogP contribution in [0.3, 0.4) is 0 Å². The van der Waals surface area contributed by atoms with Gasteiger partial charge in [-0.15, -0.1) is 13.2 Å². The third kappa shape index (κ3) is 3.64. The summed E-state index contributed by atoms with van der Waals surface area (Å²) in [6.07, 6.45) is -4.79. The molecule has 1 aromatic heterocycles. The van der Waals surface area contributed by atoms with Gasteiger partial charge in [-0.2, -0.15) is 9.97 Å². The average Bonchev–Trinajstić information content (AvgIpc) is 2.28. The predicted molar refractivity (Wildman–Crippen MR) is 67.3 cm³/mol. The van der Waals surface area contributed by atoms with Crippen molar-refractivity contribution in [2.45, 2.75) is 6.36 Å². The molecule has 1 aromatic carbocycles. The van der Waals surface area contributed by atoms with Gasteiger partial charge in [0.1, 0.15) is 11.6 Å². The summed E-state index contributed by atoms with van der Waals surface area (Å²) in [7, 11) is 0. The number of nitrogens with two attached hydrogens (primary N) is 2. The molecule has 0 aliphatic rings. The van der Waals surface area contributed by atoms with E-state index in [4.69, 9.17) is 11.5 Å². The number of ether oxygens (including phenoxy) is 1. The van der Waals surface area contributed by atoms with Gasteiger partial charge >= 0.3 is 6.36 Å². The van der Waals surface area contributed by atoms with Crippen molar-refractivity contribution in [2.75, 3.05) is 16.8 Å². The number of nitrogen functional groups attached to an aromatic ring is 2. The van der Waals surface area contributed by atoms with E-state index in [-0.39, 0.29) is 23.3 Å². The van der Waals surface area contributed by atoms with Crippen LogP contribution in [0.1, 0.15) is 0 Å². The fourth-order valence-corrected chi connectivity index (χ4v) is 1.47. The first-order chi connectivity index (χ1) is 9.33. The quantitative estimate of drug-likeness (QED) is 0.800. The zero-order valence-electron chi connectivity index (χ0n) is 9.98. The number of rotatable bonds is 3. The van der Waals surface area contributed by atoms with Crippen LogP contribution in [0.4, 0.5) is 36.4 Å². The number of hydrogen-bond acceptors (Lipinski definition) is 6. The van der Waals surface area contributed by atoms with Gasteiger partial charge in [0.05, 0.1) is 5.69 Å². The van der Waals surface area contributed by atoms with E-state index in [1.807, 2.05) is 0 Å². The number of benzene rings is 1. The van der Waals surface area contributed by atoms with Crippen molar-refractivity contribution in [3.05, 3.63) is 30.3 Å². The second-order valence-electron chi connectivity index (χ2n) is 3.71. The molecule has 0 aliphatic heterocycles. The molecule has 0 atom stereocenters. The normalized spacial score (nSPS) is 11.2. The van der Waals surface area contributed by atoms with Crippen LogP contribution in [0.15, 0.2) is 30.3 Å². The highest BCUT2D eigenvalue weighted by molar-refractivity contribution is 5.65. The molecular weight excluding hydrogens is 275 g/mol. The van der Waals surface area contributed by atoms with Crippen molar-refractivity contribution in [3.63, 3.8) is 0 Å². The number of hydrogen-bond donors (Lipinski definition) is 3. The first-order valence-electron chi connectivity index (χ1n) is 5.35. The Morgan fingerprint density at radius 2 is 1.80 bits per heavy atom. The molecule has 106 valence electrons. The van der Waals surface area contributed by atoms with Crippen molar-refractivity contribution < 1.29 is 17.9 Å². The number of aromatic nitrogens is 2. The molecule has 2 rings (SSSR count). The van der Waals surface area contributed by atoms with Crippen LogP contribution < -0.4 is 21.5 Å². The number of anilines is 4. The molecule has 0 aliphatic carbocycles. The van der Waals surface area contributed by atoms with E-state index in [2.05, 4.69) is 20.0 Å². The van der Waals surface area contributed by atoms with Crippen molar-refractivity contribution in [1.29, 1.82) is 0 Å². The Morgan fingerprint density at radius 3 is 2.45 bits per heavy atom. The SMILES string of the molecule is Nc1cc(Nc2ccccc2OC(F)(F)F)nc(N)n1. The van der Waals surface area contributed by atoms with Gasteiger partial charge in [-0.3, -0.25) is 0 Å². The van der Waals surface area contributed by atoms with E-state index < -0.39 is 12.1 Å². The van der Waals surface area contributed by atoms with E-state index in [1.54, 1.807) is 6.07 Å². The Bertz CT molecular complexity index is 597. The molecule has 6 nitrogen and oxygen atoms in total. The first kappa shape index (κ1) is 13.7. The Labute approximate surface area is 111 Å². The highest BCUT2D eigenvalue weighted by atomic mass is 19.4. The maximum absolute atomic E-state index is 12.3. The standard InChI is InChI=1S/C11H10F3N5O/c12-11(13,14)20-7-4-2-1-3-6(7)17-9-5-8(15)18-10(16)19-9/h1-5H,(H5,15,16,17,18,19). The number of nitrogens with one attached hydrogen (secondary N) is 1. The second-order valence-corrected chi connectivity index (χ2v) is 3.71. The molecule has 0 saturated heterocycles. The first-order valence-corrected chi connectivity index (χ1v) is 5.35. The Hall–Kier alpha value is -2.71. The Balaban J connectivity index is 2.29. The minimum Gasteiger partial charge on any atom is -0.404 e. The maximum atomic E-state index is 12.3. The van der Waals surface area contributed by atoms with Crippen molar-refractivity contribution in [1.82, 2.24) is 9.97 Å². The minimum absolute atomic E-state index is 0.0716.